The summed E-state index contributed by atoms with van der Waals surface area (Å²) in [4.78, 5) is 19.5. The third kappa shape index (κ3) is 3.57. The van der Waals surface area contributed by atoms with Crippen LogP contribution in [0.3, 0.4) is 0 Å². The van der Waals surface area contributed by atoms with Crippen molar-refractivity contribution in [3.8, 4) is 11.3 Å². The fraction of sp³-hybridized carbons (Fsp3) is 0.105. The predicted molar refractivity (Wildman–Crippen MR) is 93.6 cm³/mol. The predicted octanol–water partition coefficient (Wildman–Crippen LogP) is 4.20. The van der Waals surface area contributed by atoms with Crippen LogP contribution in [0.4, 0.5) is 11.5 Å². The number of nitrogens with zero attached hydrogens (tertiary/aromatic N) is 2. The van der Waals surface area contributed by atoms with Crippen LogP contribution in [-0.4, -0.2) is 21.0 Å². The van der Waals surface area contributed by atoms with Crippen LogP contribution in [0.15, 0.2) is 54.9 Å². The van der Waals surface area contributed by atoms with Gasteiger partial charge in [-0.15, -0.1) is 0 Å². The lowest BCUT2D eigenvalue weighted by Crippen LogP contribution is -1.98. The molecule has 5 heteroatoms. The first-order chi connectivity index (χ1) is 11.5. The number of aromatic carboxylic acids is 1. The van der Waals surface area contributed by atoms with Crippen molar-refractivity contribution in [1.29, 1.82) is 0 Å². The number of aromatic nitrogens is 2. The van der Waals surface area contributed by atoms with Crippen molar-refractivity contribution < 1.29 is 9.90 Å². The summed E-state index contributed by atoms with van der Waals surface area (Å²) in [5.41, 5.74) is 5.26. The molecule has 3 aromatic rings. The Bertz CT molecular complexity index is 869. The van der Waals surface area contributed by atoms with Gasteiger partial charge in [-0.05, 0) is 50.2 Å². The minimum Gasteiger partial charge on any atom is -0.478 e. The van der Waals surface area contributed by atoms with E-state index in [1.165, 1.54) is 17.5 Å². The summed E-state index contributed by atoms with van der Waals surface area (Å²) < 4.78 is 0. The van der Waals surface area contributed by atoms with Crippen LogP contribution in [0, 0.1) is 13.8 Å². The van der Waals surface area contributed by atoms with E-state index in [9.17, 15) is 4.79 Å². The van der Waals surface area contributed by atoms with Crippen LogP contribution >= 0.6 is 0 Å². The van der Waals surface area contributed by atoms with Crippen molar-refractivity contribution in [3.63, 3.8) is 0 Å². The first-order valence-electron chi connectivity index (χ1n) is 7.52. The normalized spacial score (nSPS) is 10.4. The molecule has 0 saturated heterocycles. The second kappa shape index (κ2) is 6.50. The maximum atomic E-state index is 10.9. The van der Waals surface area contributed by atoms with Crippen LogP contribution in [0.1, 0.15) is 21.5 Å². The van der Waals surface area contributed by atoms with Gasteiger partial charge in [-0.2, -0.15) is 0 Å². The fourth-order valence-corrected chi connectivity index (χ4v) is 2.55. The van der Waals surface area contributed by atoms with E-state index in [2.05, 4.69) is 47.3 Å². The summed E-state index contributed by atoms with van der Waals surface area (Å²) in [6.07, 6.45) is 1.51. The van der Waals surface area contributed by atoms with Gasteiger partial charge < -0.3 is 10.4 Å². The number of carboxylic acids is 1. The highest BCUT2D eigenvalue weighted by molar-refractivity contribution is 5.88. The smallest absolute Gasteiger partial charge is 0.335 e. The third-order valence-electron chi connectivity index (χ3n) is 3.59. The SMILES string of the molecule is Cc1cc(C)cc(-c2cc(Nc3ccc(C(=O)O)cc3)ncn2)c1. The summed E-state index contributed by atoms with van der Waals surface area (Å²) in [7, 11) is 0. The molecule has 0 aliphatic carbocycles. The Morgan fingerprint density at radius 2 is 1.62 bits per heavy atom. The van der Waals surface area contributed by atoms with Crippen LogP contribution in [0.5, 0.6) is 0 Å². The number of carboxylic acid groups (broad SMARTS) is 1. The number of nitrogens with one attached hydrogen (secondary N) is 1. The molecule has 1 aromatic heterocycles. The Kier molecular flexibility index (Phi) is 4.24. The Morgan fingerprint density at radius 3 is 2.25 bits per heavy atom. The Labute approximate surface area is 140 Å². The van der Waals surface area contributed by atoms with Crippen molar-refractivity contribution in [2.75, 3.05) is 5.32 Å². The minimum absolute atomic E-state index is 0.249. The van der Waals surface area contributed by atoms with E-state index < -0.39 is 5.97 Å². The van der Waals surface area contributed by atoms with E-state index >= 15 is 0 Å². The zero-order valence-corrected chi connectivity index (χ0v) is 13.4. The Hall–Kier alpha value is -3.21. The average Bonchev–Trinajstić information content (AvgIpc) is 2.55. The zero-order chi connectivity index (χ0) is 17.1. The van der Waals surface area contributed by atoms with E-state index in [1.807, 2.05) is 6.07 Å². The van der Waals surface area contributed by atoms with Gasteiger partial charge in [0.1, 0.15) is 12.1 Å². The molecular formula is C19H17N3O2. The summed E-state index contributed by atoms with van der Waals surface area (Å²) in [6, 6.07) is 14.7. The van der Waals surface area contributed by atoms with Crippen molar-refractivity contribution >= 4 is 17.5 Å². The van der Waals surface area contributed by atoms with Gasteiger partial charge in [-0.1, -0.05) is 17.2 Å². The second-order valence-corrected chi connectivity index (χ2v) is 5.67. The quantitative estimate of drug-likeness (QED) is 0.753. The molecule has 24 heavy (non-hydrogen) atoms. The molecule has 1 heterocycles. The number of anilines is 2. The van der Waals surface area contributed by atoms with Gasteiger partial charge in [0.25, 0.3) is 0 Å². The highest BCUT2D eigenvalue weighted by Crippen LogP contribution is 2.23. The van der Waals surface area contributed by atoms with Crippen LogP contribution in [0.25, 0.3) is 11.3 Å². The van der Waals surface area contributed by atoms with Gasteiger partial charge in [0.15, 0.2) is 0 Å². The highest BCUT2D eigenvalue weighted by atomic mass is 16.4. The number of rotatable bonds is 4. The molecule has 0 unspecified atom stereocenters. The van der Waals surface area contributed by atoms with E-state index in [0.29, 0.717) is 5.82 Å². The zero-order valence-electron chi connectivity index (χ0n) is 13.4. The van der Waals surface area contributed by atoms with E-state index in [1.54, 1.807) is 24.3 Å². The van der Waals surface area contributed by atoms with Gasteiger partial charge in [-0.3, -0.25) is 0 Å². The molecule has 0 spiro atoms. The molecule has 0 radical (unpaired) electrons. The molecule has 0 atom stereocenters. The lowest BCUT2D eigenvalue weighted by molar-refractivity contribution is 0.0697. The first kappa shape index (κ1) is 15.7. The number of hydrogen-bond acceptors (Lipinski definition) is 4. The largest absolute Gasteiger partial charge is 0.478 e. The van der Waals surface area contributed by atoms with Crippen LogP contribution < -0.4 is 5.32 Å². The van der Waals surface area contributed by atoms with Crippen molar-refractivity contribution in [2.24, 2.45) is 0 Å². The van der Waals surface area contributed by atoms with E-state index in [4.69, 9.17) is 5.11 Å². The van der Waals surface area contributed by atoms with Crippen molar-refractivity contribution in [1.82, 2.24) is 9.97 Å². The number of benzene rings is 2. The molecule has 2 aromatic carbocycles. The lowest BCUT2D eigenvalue weighted by Gasteiger charge is -2.08. The first-order valence-corrected chi connectivity index (χ1v) is 7.52. The standard InChI is InChI=1S/C19H17N3O2/c1-12-7-13(2)9-15(8-12)17-10-18(21-11-20-17)22-16-5-3-14(4-6-16)19(23)24/h3-11H,1-2H3,(H,23,24)(H,20,21,22). The Balaban J connectivity index is 1.86. The molecule has 0 bridgehead atoms. The summed E-state index contributed by atoms with van der Waals surface area (Å²) in [5, 5.41) is 12.1. The minimum atomic E-state index is -0.944. The molecule has 0 amide bonds. The number of carbonyl (C=O) groups is 1. The second-order valence-electron chi connectivity index (χ2n) is 5.67. The number of hydrogen-bond donors (Lipinski definition) is 2. The van der Waals surface area contributed by atoms with Gasteiger partial charge in [0.2, 0.25) is 0 Å². The summed E-state index contributed by atoms with van der Waals surface area (Å²) in [6.45, 7) is 4.11. The van der Waals surface area contributed by atoms with E-state index in [-0.39, 0.29) is 5.56 Å². The highest BCUT2D eigenvalue weighted by Gasteiger charge is 2.05. The molecule has 0 aliphatic heterocycles. The molecule has 0 aliphatic rings. The Morgan fingerprint density at radius 1 is 0.958 bits per heavy atom. The molecule has 5 nitrogen and oxygen atoms in total. The molecule has 2 N–H and O–H groups in total. The van der Waals surface area contributed by atoms with Crippen LogP contribution in [-0.2, 0) is 0 Å². The van der Waals surface area contributed by atoms with Crippen LogP contribution in [0.2, 0.25) is 0 Å². The maximum Gasteiger partial charge on any atom is 0.335 e. The van der Waals surface area contributed by atoms with E-state index in [0.717, 1.165) is 16.9 Å². The van der Waals surface area contributed by atoms with Gasteiger partial charge in [0, 0.05) is 17.3 Å². The van der Waals surface area contributed by atoms with Crippen molar-refractivity contribution in [3.05, 3.63) is 71.5 Å². The monoisotopic (exact) mass is 319 g/mol. The molecular weight excluding hydrogens is 302 g/mol. The van der Waals surface area contributed by atoms with Gasteiger partial charge >= 0.3 is 5.97 Å². The fourth-order valence-electron chi connectivity index (χ4n) is 2.55. The maximum absolute atomic E-state index is 10.9. The molecule has 0 fully saturated rings. The molecule has 120 valence electrons. The van der Waals surface area contributed by atoms with Gasteiger partial charge in [0.05, 0.1) is 11.3 Å². The average molecular weight is 319 g/mol. The summed E-state index contributed by atoms with van der Waals surface area (Å²) in [5.74, 6) is -0.289. The number of aryl methyl sites for hydroxylation is 2. The molecule has 3 rings (SSSR count). The lowest BCUT2D eigenvalue weighted by atomic mass is 10.0. The topological polar surface area (TPSA) is 75.1 Å². The summed E-state index contributed by atoms with van der Waals surface area (Å²) >= 11 is 0. The third-order valence-corrected chi connectivity index (χ3v) is 3.59. The van der Waals surface area contributed by atoms with Crippen molar-refractivity contribution in [2.45, 2.75) is 13.8 Å². The molecule has 0 saturated carbocycles. The van der Waals surface area contributed by atoms with Gasteiger partial charge in [-0.25, -0.2) is 14.8 Å².